The van der Waals surface area contributed by atoms with Gasteiger partial charge in [0.15, 0.2) is 0 Å². The van der Waals surface area contributed by atoms with Crippen LogP contribution in [0.4, 0.5) is 5.82 Å². The molecule has 0 fully saturated rings. The fourth-order valence-electron chi connectivity index (χ4n) is 1.47. The zero-order valence-corrected chi connectivity index (χ0v) is 10.5. The van der Waals surface area contributed by atoms with Gasteiger partial charge in [0.25, 0.3) is 0 Å². The summed E-state index contributed by atoms with van der Waals surface area (Å²) < 4.78 is 0. The molecule has 0 saturated heterocycles. The standard InChI is InChI=1S/C12H13ClN4/c1-8-4-3-5-14-10(8)7-15-11-9(2)6-16-12(13)17-11/h3-6H,7H2,1-2H3,(H,15,16,17). The average Bonchev–Trinajstić information content (AvgIpc) is 2.32. The molecule has 0 amide bonds. The van der Waals surface area contributed by atoms with Gasteiger partial charge in [0.1, 0.15) is 5.82 Å². The molecular formula is C12H13ClN4. The maximum atomic E-state index is 5.75. The Kier molecular flexibility index (Phi) is 3.54. The van der Waals surface area contributed by atoms with Gasteiger partial charge in [-0.25, -0.2) is 9.97 Å². The summed E-state index contributed by atoms with van der Waals surface area (Å²) in [6.45, 7) is 4.59. The van der Waals surface area contributed by atoms with Gasteiger partial charge in [0.2, 0.25) is 5.28 Å². The Balaban J connectivity index is 2.12. The monoisotopic (exact) mass is 248 g/mol. The summed E-state index contributed by atoms with van der Waals surface area (Å²) in [6, 6.07) is 3.95. The van der Waals surface area contributed by atoms with E-state index < -0.39 is 0 Å². The predicted molar refractivity (Wildman–Crippen MR) is 68.1 cm³/mol. The van der Waals surface area contributed by atoms with Crippen molar-refractivity contribution in [3.05, 3.63) is 46.6 Å². The highest BCUT2D eigenvalue weighted by molar-refractivity contribution is 6.28. The maximum absolute atomic E-state index is 5.75. The molecule has 0 radical (unpaired) electrons. The summed E-state index contributed by atoms with van der Waals surface area (Å²) >= 11 is 5.75. The number of pyridine rings is 1. The van der Waals surface area contributed by atoms with Crippen LogP contribution >= 0.6 is 11.6 Å². The summed E-state index contributed by atoms with van der Waals surface area (Å²) in [5.41, 5.74) is 3.11. The minimum absolute atomic E-state index is 0.246. The lowest BCUT2D eigenvalue weighted by Gasteiger charge is -2.09. The largest absolute Gasteiger partial charge is 0.364 e. The van der Waals surface area contributed by atoms with Crippen molar-refractivity contribution >= 4 is 17.4 Å². The van der Waals surface area contributed by atoms with E-state index in [4.69, 9.17) is 11.6 Å². The number of nitrogens with zero attached hydrogens (tertiary/aromatic N) is 3. The van der Waals surface area contributed by atoms with E-state index in [9.17, 15) is 0 Å². The smallest absolute Gasteiger partial charge is 0.224 e. The zero-order valence-electron chi connectivity index (χ0n) is 9.74. The predicted octanol–water partition coefficient (Wildman–Crippen LogP) is 2.75. The number of hydrogen-bond acceptors (Lipinski definition) is 4. The van der Waals surface area contributed by atoms with Crippen molar-refractivity contribution in [1.29, 1.82) is 0 Å². The Hall–Kier alpha value is -1.68. The molecule has 88 valence electrons. The van der Waals surface area contributed by atoms with Gasteiger partial charge >= 0.3 is 0 Å². The lowest BCUT2D eigenvalue weighted by Crippen LogP contribution is -2.06. The van der Waals surface area contributed by atoms with Crippen LogP contribution in [0.2, 0.25) is 5.28 Å². The van der Waals surface area contributed by atoms with E-state index >= 15 is 0 Å². The molecule has 0 spiro atoms. The average molecular weight is 249 g/mol. The van der Waals surface area contributed by atoms with Crippen molar-refractivity contribution in [3.8, 4) is 0 Å². The van der Waals surface area contributed by atoms with Crippen LogP contribution in [-0.4, -0.2) is 15.0 Å². The highest BCUT2D eigenvalue weighted by atomic mass is 35.5. The molecule has 4 nitrogen and oxygen atoms in total. The second kappa shape index (κ2) is 5.10. The minimum atomic E-state index is 0.246. The first-order valence-electron chi connectivity index (χ1n) is 5.30. The normalized spacial score (nSPS) is 10.3. The molecule has 17 heavy (non-hydrogen) atoms. The fraction of sp³-hybridized carbons (Fsp3) is 0.250. The molecule has 0 aliphatic rings. The lowest BCUT2D eigenvalue weighted by molar-refractivity contribution is 0.991. The van der Waals surface area contributed by atoms with Crippen molar-refractivity contribution in [2.45, 2.75) is 20.4 Å². The van der Waals surface area contributed by atoms with Gasteiger partial charge in [-0.1, -0.05) is 6.07 Å². The zero-order chi connectivity index (χ0) is 12.3. The van der Waals surface area contributed by atoms with E-state index in [1.165, 1.54) is 0 Å². The Morgan fingerprint density at radius 1 is 1.24 bits per heavy atom. The second-order valence-electron chi connectivity index (χ2n) is 3.79. The van der Waals surface area contributed by atoms with Crippen LogP contribution in [0, 0.1) is 13.8 Å². The molecule has 2 heterocycles. The van der Waals surface area contributed by atoms with Crippen LogP contribution in [0.3, 0.4) is 0 Å². The number of nitrogens with one attached hydrogen (secondary N) is 1. The highest BCUT2D eigenvalue weighted by Gasteiger charge is 2.03. The van der Waals surface area contributed by atoms with Crippen molar-refractivity contribution in [2.75, 3.05) is 5.32 Å². The van der Waals surface area contributed by atoms with Gasteiger partial charge < -0.3 is 5.32 Å². The van der Waals surface area contributed by atoms with E-state index in [1.54, 1.807) is 12.4 Å². The highest BCUT2D eigenvalue weighted by Crippen LogP contribution is 2.14. The number of hydrogen-bond donors (Lipinski definition) is 1. The van der Waals surface area contributed by atoms with E-state index in [0.29, 0.717) is 6.54 Å². The third-order valence-corrected chi connectivity index (χ3v) is 2.67. The van der Waals surface area contributed by atoms with Crippen molar-refractivity contribution in [3.63, 3.8) is 0 Å². The molecule has 2 aromatic rings. The number of aromatic nitrogens is 3. The number of aryl methyl sites for hydroxylation is 2. The van der Waals surface area contributed by atoms with Crippen molar-refractivity contribution in [1.82, 2.24) is 15.0 Å². The quantitative estimate of drug-likeness (QED) is 0.849. The topological polar surface area (TPSA) is 50.7 Å². The molecule has 0 aliphatic heterocycles. The summed E-state index contributed by atoms with van der Waals surface area (Å²) in [5.74, 6) is 0.745. The van der Waals surface area contributed by atoms with Crippen LogP contribution < -0.4 is 5.32 Å². The molecule has 0 bridgehead atoms. The first kappa shape index (κ1) is 11.8. The first-order chi connectivity index (χ1) is 8.16. The van der Waals surface area contributed by atoms with Crippen LogP contribution in [0.15, 0.2) is 24.5 Å². The Labute approximate surface area is 105 Å². The van der Waals surface area contributed by atoms with Gasteiger partial charge in [-0.15, -0.1) is 0 Å². The van der Waals surface area contributed by atoms with Gasteiger partial charge in [-0.3, -0.25) is 4.98 Å². The molecule has 0 aliphatic carbocycles. The lowest BCUT2D eigenvalue weighted by atomic mass is 10.2. The third-order valence-electron chi connectivity index (χ3n) is 2.48. The molecular weight excluding hydrogens is 236 g/mol. The van der Waals surface area contributed by atoms with Crippen LogP contribution in [0.25, 0.3) is 0 Å². The Morgan fingerprint density at radius 3 is 2.82 bits per heavy atom. The second-order valence-corrected chi connectivity index (χ2v) is 4.13. The van der Waals surface area contributed by atoms with E-state index in [1.807, 2.05) is 26.0 Å². The molecule has 5 heteroatoms. The number of halogens is 1. The van der Waals surface area contributed by atoms with Crippen LogP contribution in [0.1, 0.15) is 16.8 Å². The molecule has 0 unspecified atom stereocenters. The van der Waals surface area contributed by atoms with Gasteiger partial charge in [-0.2, -0.15) is 0 Å². The molecule has 2 aromatic heterocycles. The SMILES string of the molecule is Cc1cccnc1CNc1nc(Cl)ncc1C. The summed E-state index contributed by atoms with van der Waals surface area (Å²) in [4.78, 5) is 12.4. The molecule has 0 saturated carbocycles. The first-order valence-corrected chi connectivity index (χ1v) is 5.68. The summed E-state index contributed by atoms with van der Waals surface area (Å²) in [7, 11) is 0. The van der Waals surface area contributed by atoms with Gasteiger partial charge in [0.05, 0.1) is 12.2 Å². The molecule has 0 atom stereocenters. The van der Waals surface area contributed by atoms with Crippen LogP contribution in [0.5, 0.6) is 0 Å². The molecule has 0 aromatic carbocycles. The number of anilines is 1. The maximum Gasteiger partial charge on any atom is 0.224 e. The van der Waals surface area contributed by atoms with E-state index in [0.717, 1.165) is 22.6 Å². The molecule has 1 N–H and O–H groups in total. The third kappa shape index (κ3) is 2.91. The summed E-state index contributed by atoms with van der Waals surface area (Å²) in [5, 5.41) is 3.46. The van der Waals surface area contributed by atoms with E-state index in [2.05, 4.69) is 20.3 Å². The molecule has 2 rings (SSSR count). The summed E-state index contributed by atoms with van der Waals surface area (Å²) in [6.07, 6.45) is 3.48. The minimum Gasteiger partial charge on any atom is -0.364 e. The Bertz CT molecular complexity index is 528. The van der Waals surface area contributed by atoms with E-state index in [-0.39, 0.29) is 5.28 Å². The van der Waals surface area contributed by atoms with Crippen molar-refractivity contribution < 1.29 is 0 Å². The Morgan fingerprint density at radius 2 is 2.06 bits per heavy atom. The van der Waals surface area contributed by atoms with Gasteiger partial charge in [0, 0.05) is 18.0 Å². The van der Waals surface area contributed by atoms with Gasteiger partial charge in [-0.05, 0) is 37.1 Å². The fourth-order valence-corrected chi connectivity index (χ4v) is 1.60. The number of rotatable bonds is 3. The van der Waals surface area contributed by atoms with Crippen molar-refractivity contribution in [2.24, 2.45) is 0 Å². The van der Waals surface area contributed by atoms with Crippen LogP contribution in [-0.2, 0) is 6.54 Å².